The van der Waals surface area contributed by atoms with E-state index >= 15 is 0 Å². The molecule has 0 radical (unpaired) electrons. The number of hydrogen-bond acceptors (Lipinski definition) is 2. The summed E-state index contributed by atoms with van der Waals surface area (Å²) in [5.41, 5.74) is 0.841. The average Bonchev–Trinajstić information content (AvgIpc) is 2.37. The van der Waals surface area contributed by atoms with E-state index in [4.69, 9.17) is 0 Å². The summed E-state index contributed by atoms with van der Waals surface area (Å²) in [5.74, 6) is 0.168. The molecule has 94 valence electrons. The monoisotopic (exact) mass is 236 g/mol. The third-order valence-corrected chi connectivity index (χ3v) is 3.63. The molecule has 0 saturated heterocycles. The molecule has 1 fully saturated rings. The third-order valence-electron chi connectivity index (χ3n) is 3.63. The van der Waals surface area contributed by atoms with Gasteiger partial charge >= 0.3 is 0 Å². The molecule has 0 aromatic carbocycles. The maximum absolute atomic E-state index is 13.8. The summed E-state index contributed by atoms with van der Waals surface area (Å²) < 4.78 is 13.8. The predicted octanol–water partition coefficient (Wildman–Crippen LogP) is 3.25. The van der Waals surface area contributed by atoms with Crippen molar-refractivity contribution < 1.29 is 4.39 Å². The quantitative estimate of drug-likeness (QED) is 0.868. The van der Waals surface area contributed by atoms with E-state index in [1.807, 2.05) is 6.07 Å². The molecule has 0 bridgehead atoms. The third kappa shape index (κ3) is 3.03. The highest BCUT2D eigenvalue weighted by molar-refractivity contribution is 5.21. The lowest BCUT2D eigenvalue weighted by Crippen LogP contribution is -2.38. The Bertz CT molecular complexity index is 354. The molecule has 2 nitrogen and oxygen atoms in total. The van der Waals surface area contributed by atoms with Gasteiger partial charge in [0.05, 0.1) is 6.20 Å². The van der Waals surface area contributed by atoms with Crippen LogP contribution in [0.15, 0.2) is 18.5 Å². The van der Waals surface area contributed by atoms with Gasteiger partial charge in [0.1, 0.15) is 5.82 Å². The van der Waals surface area contributed by atoms with Gasteiger partial charge in [-0.3, -0.25) is 4.98 Å². The lowest BCUT2D eigenvalue weighted by Gasteiger charge is -2.32. The van der Waals surface area contributed by atoms with Crippen LogP contribution >= 0.6 is 0 Å². The van der Waals surface area contributed by atoms with Gasteiger partial charge in [0.25, 0.3) is 0 Å². The summed E-state index contributed by atoms with van der Waals surface area (Å²) in [6.07, 6.45) is 8.86. The zero-order chi connectivity index (χ0) is 12.1. The highest BCUT2D eigenvalue weighted by Gasteiger charge is 2.27. The molecule has 1 aromatic heterocycles. The van der Waals surface area contributed by atoms with Crippen molar-refractivity contribution in [1.29, 1.82) is 0 Å². The zero-order valence-electron chi connectivity index (χ0n) is 10.5. The highest BCUT2D eigenvalue weighted by atomic mass is 19.1. The van der Waals surface area contributed by atoms with Crippen LogP contribution in [0.4, 0.5) is 4.39 Å². The molecule has 1 N–H and O–H groups in total. The van der Waals surface area contributed by atoms with Gasteiger partial charge in [0.15, 0.2) is 0 Å². The van der Waals surface area contributed by atoms with Gasteiger partial charge in [0, 0.05) is 18.2 Å². The van der Waals surface area contributed by atoms with Crippen LogP contribution in [0.25, 0.3) is 0 Å². The molecule has 1 aromatic rings. The number of hydrogen-bond donors (Lipinski definition) is 1. The maximum Gasteiger partial charge on any atom is 0.145 e. The Balaban J connectivity index is 2.13. The van der Waals surface area contributed by atoms with Gasteiger partial charge in [-0.1, -0.05) is 19.8 Å². The summed E-state index contributed by atoms with van der Waals surface area (Å²) in [7, 11) is 0. The van der Waals surface area contributed by atoms with Crippen molar-refractivity contribution in [2.75, 3.05) is 6.54 Å². The van der Waals surface area contributed by atoms with Crippen molar-refractivity contribution >= 4 is 0 Å². The van der Waals surface area contributed by atoms with Crippen molar-refractivity contribution in [3.63, 3.8) is 0 Å². The maximum atomic E-state index is 13.8. The van der Waals surface area contributed by atoms with E-state index in [0.717, 1.165) is 31.4 Å². The van der Waals surface area contributed by atoms with E-state index in [2.05, 4.69) is 17.2 Å². The summed E-state index contributed by atoms with van der Waals surface area (Å²) >= 11 is 0. The smallest absolute Gasteiger partial charge is 0.145 e. The summed E-state index contributed by atoms with van der Waals surface area (Å²) in [4.78, 5) is 3.83. The first-order chi connectivity index (χ1) is 8.33. The summed E-state index contributed by atoms with van der Waals surface area (Å²) in [6.45, 7) is 3.19. The SMILES string of the molecule is CCCNC1CCCCC1c1ccncc1F. The largest absolute Gasteiger partial charge is 0.313 e. The van der Waals surface area contributed by atoms with Crippen LogP contribution in [0, 0.1) is 5.82 Å². The Labute approximate surface area is 103 Å². The fourth-order valence-electron chi connectivity index (χ4n) is 2.76. The van der Waals surface area contributed by atoms with Crippen LogP contribution < -0.4 is 5.32 Å². The molecule has 3 heteroatoms. The first-order valence-electron chi connectivity index (χ1n) is 6.65. The highest BCUT2D eigenvalue weighted by Crippen LogP contribution is 2.34. The molecular formula is C14H21FN2. The molecule has 1 aliphatic carbocycles. The van der Waals surface area contributed by atoms with Gasteiger partial charge in [-0.25, -0.2) is 4.39 Å². The molecule has 2 unspecified atom stereocenters. The van der Waals surface area contributed by atoms with Crippen molar-refractivity contribution in [3.8, 4) is 0 Å². The predicted molar refractivity (Wildman–Crippen MR) is 67.5 cm³/mol. The molecule has 0 spiro atoms. The van der Waals surface area contributed by atoms with Crippen LogP contribution in [-0.4, -0.2) is 17.6 Å². The minimum Gasteiger partial charge on any atom is -0.313 e. The molecule has 2 rings (SSSR count). The van der Waals surface area contributed by atoms with E-state index in [0.29, 0.717) is 12.0 Å². The second kappa shape index (κ2) is 6.10. The molecule has 1 heterocycles. The lowest BCUT2D eigenvalue weighted by molar-refractivity contribution is 0.322. The Morgan fingerprint density at radius 2 is 2.24 bits per heavy atom. The molecule has 0 aliphatic heterocycles. The molecule has 1 saturated carbocycles. The summed E-state index contributed by atoms with van der Waals surface area (Å²) in [5, 5.41) is 3.56. The van der Waals surface area contributed by atoms with Crippen molar-refractivity contribution in [1.82, 2.24) is 10.3 Å². The van der Waals surface area contributed by atoms with Crippen molar-refractivity contribution in [2.24, 2.45) is 0 Å². The summed E-state index contributed by atoms with van der Waals surface area (Å²) in [6, 6.07) is 2.27. The van der Waals surface area contributed by atoms with Crippen LogP contribution in [-0.2, 0) is 0 Å². The lowest BCUT2D eigenvalue weighted by atomic mass is 9.80. The molecule has 1 aliphatic rings. The number of aromatic nitrogens is 1. The van der Waals surface area contributed by atoms with Crippen molar-refractivity contribution in [2.45, 2.75) is 51.0 Å². The van der Waals surface area contributed by atoms with Gasteiger partial charge < -0.3 is 5.32 Å². The van der Waals surface area contributed by atoms with Gasteiger partial charge in [0.2, 0.25) is 0 Å². The molecular weight excluding hydrogens is 215 g/mol. The van der Waals surface area contributed by atoms with Gasteiger partial charge in [-0.05, 0) is 37.4 Å². The average molecular weight is 236 g/mol. The number of nitrogens with one attached hydrogen (secondary N) is 1. The van der Waals surface area contributed by atoms with Crippen LogP contribution in [0.5, 0.6) is 0 Å². The first-order valence-corrected chi connectivity index (χ1v) is 6.65. The van der Waals surface area contributed by atoms with E-state index in [-0.39, 0.29) is 5.82 Å². The number of nitrogens with zero attached hydrogens (tertiary/aromatic N) is 1. The zero-order valence-corrected chi connectivity index (χ0v) is 10.5. The van der Waals surface area contributed by atoms with E-state index in [1.54, 1.807) is 6.20 Å². The number of rotatable bonds is 4. The Hall–Kier alpha value is -0.960. The normalized spacial score (nSPS) is 24.8. The molecule has 0 amide bonds. The fraction of sp³-hybridized carbons (Fsp3) is 0.643. The van der Waals surface area contributed by atoms with E-state index < -0.39 is 0 Å². The van der Waals surface area contributed by atoms with E-state index in [1.165, 1.54) is 19.0 Å². The van der Waals surface area contributed by atoms with Crippen LogP contribution in [0.1, 0.15) is 50.5 Å². The Kier molecular flexibility index (Phi) is 4.49. The fourth-order valence-corrected chi connectivity index (χ4v) is 2.76. The van der Waals surface area contributed by atoms with Gasteiger partial charge in [-0.2, -0.15) is 0 Å². The van der Waals surface area contributed by atoms with Crippen molar-refractivity contribution in [3.05, 3.63) is 29.8 Å². The number of pyridine rings is 1. The topological polar surface area (TPSA) is 24.9 Å². The minimum absolute atomic E-state index is 0.150. The Morgan fingerprint density at radius 3 is 3.00 bits per heavy atom. The molecule has 2 atom stereocenters. The van der Waals surface area contributed by atoms with E-state index in [9.17, 15) is 4.39 Å². The Morgan fingerprint density at radius 1 is 1.41 bits per heavy atom. The number of halogens is 1. The van der Waals surface area contributed by atoms with Crippen LogP contribution in [0.2, 0.25) is 0 Å². The minimum atomic E-state index is -0.150. The first kappa shape index (κ1) is 12.5. The standard InChI is InChI=1S/C14H21FN2/c1-2-8-17-14-6-4-3-5-12(14)11-7-9-16-10-13(11)15/h7,9-10,12,14,17H,2-6,8H2,1H3. The second-order valence-electron chi connectivity index (χ2n) is 4.85. The van der Waals surface area contributed by atoms with Crippen LogP contribution in [0.3, 0.4) is 0 Å². The van der Waals surface area contributed by atoms with Gasteiger partial charge in [-0.15, -0.1) is 0 Å². The second-order valence-corrected chi connectivity index (χ2v) is 4.85. The molecule has 17 heavy (non-hydrogen) atoms.